The molecular weight excluding hydrogens is 332 g/mol. The summed E-state index contributed by atoms with van der Waals surface area (Å²) in [6.07, 6.45) is 2.08. The summed E-state index contributed by atoms with van der Waals surface area (Å²) in [6, 6.07) is 10.8. The van der Waals surface area contributed by atoms with Crippen LogP contribution in [0.15, 0.2) is 36.4 Å². The number of hydrogen-bond acceptors (Lipinski definition) is 6. The Balaban J connectivity index is 1.90. The Labute approximate surface area is 154 Å². The van der Waals surface area contributed by atoms with Gasteiger partial charge in [0.25, 0.3) is 5.91 Å². The van der Waals surface area contributed by atoms with Crippen molar-refractivity contribution in [2.24, 2.45) is 0 Å². The summed E-state index contributed by atoms with van der Waals surface area (Å²) in [4.78, 5) is 14.2. The van der Waals surface area contributed by atoms with E-state index < -0.39 is 0 Å². The third-order valence-corrected chi connectivity index (χ3v) is 3.66. The van der Waals surface area contributed by atoms with Gasteiger partial charge in [0, 0.05) is 13.1 Å². The van der Waals surface area contributed by atoms with E-state index in [9.17, 15) is 4.79 Å². The molecular formula is C19H26N4O3. The predicted molar refractivity (Wildman–Crippen MR) is 102 cm³/mol. The summed E-state index contributed by atoms with van der Waals surface area (Å²) >= 11 is 0. The lowest BCUT2D eigenvalue weighted by Gasteiger charge is -2.21. The van der Waals surface area contributed by atoms with Gasteiger partial charge < -0.3 is 19.7 Å². The van der Waals surface area contributed by atoms with Crippen LogP contribution in [-0.4, -0.2) is 42.9 Å². The topological polar surface area (TPSA) is 76.6 Å². The molecule has 0 spiro atoms. The van der Waals surface area contributed by atoms with Gasteiger partial charge >= 0.3 is 0 Å². The van der Waals surface area contributed by atoms with Crippen LogP contribution in [0.2, 0.25) is 0 Å². The number of amides is 1. The number of methoxy groups -OCH3 is 1. The Hall–Kier alpha value is -2.83. The zero-order chi connectivity index (χ0) is 18.8. The fourth-order valence-electron chi connectivity index (χ4n) is 2.50. The van der Waals surface area contributed by atoms with Crippen LogP contribution in [-0.2, 0) is 4.79 Å². The molecule has 140 valence electrons. The highest BCUT2D eigenvalue weighted by atomic mass is 16.5. The number of aromatic nitrogens is 2. The number of nitrogens with zero attached hydrogens (tertiary/aromatic N) is 3. The fraction of sp³-hybridized carbons (Fsp3) is 0.421. The number of ether oxygens (including phenoxy) is 2. The summed E-state index contributed by atoms with van der Waals surface area (Å²) in [5.74, 6) is 2.00. The van der Waals surface area contributed by atoms with Crippen molar-refractivity contribution in [3.05, 3.63) is 36.4 Å². The van der Waals surface area contributed by atoms with Crippen molar-refractivity contribution in [3.63, 3.8) is 0 Å². The monoisotopic (exact) mass is 358 g/mol. The lowest BCUT2D eigenvalue weighted by molar-refractivity contribution is -0.118. The second kappa shape index (κ2) is 10.2. The molecule has 7 heteroatoms. The van der Waals surface area contributed by atoms with Gasteiger partial charge in [-0.1, -0.05) is 26.0 Å². The van der Waals surface area contributed by atoms with Crippen LogP contribution in [0.1, 0.15) is 26.7 Å². The molecule has 0 unspecified atom stereocenters. The van der Waals surface area contributed by atoms with Crippen molar-refractivity contribution >= 4 is 17.5 Å². The van der Waals surface area contributed by atoms with Crippen LogP contribution in [0, 0.1) is 0 Å². The maximum Gasteiger partial charge on any atom is 0.263 e. The lowest BCUT2D eigenvalue weighted by Crippen LogP contribution is -2.26. The SMILES string of the molecule is CCCN(CCC)c1ccc(NC(=O)COc2ccccc2OC)nn1. The first kappa shape index (κ1) is 19.5. The molecule has 1 aromatic carbocycles. The number of hydrogen-bond donors (Lipinski definition) is 1. The van der Waals surface area contributed by atoms with Gasteiger partial charge in [0.1, 0.15) is 0 Å². The minimum Gasteiger partial charge on any atom is -0.493 e. The molecule has 1 aromatic heterocycles. The van der Waals surface area contributed by atoms with E-state index in [1.807, 2.05) is 18.2 Å². The molecule has 0 fully saturated rings. The maximum atomic E-state index is 12.1. The Morgan fingerprint density at radius 3 is 2.31 bits per heavy atom. The van der Waals surface area contributed by atoms with E-state index in [2.05, 4.69) is 34.3 Å². The van der Waals surface area contributed by atoms with E-state index in [0.29, 0.717) is 17.3 Å². The average Bonchev–Trinajstić information content (AvgIpc) is 2.67. The molecule has 2 aromatic rings. The van der Waals surface area contributed by atoms with E-state index in [1.165, 1.54) is 0 Å². The Bertz CT molecular complexity index is 685. The van der Waals surface area contributed by atoms with Crippen LogP contribution >= 0.6 is 0 Å². The van der Waals surface area contributed by atoms with E-state index in [-0.39, 0.29) is 12.5 Å². The van der Waals surface area contributed by atoms with E-state index in [1.54, 1.807) is 25.3 Å². The molecule has 1 N–H and O–H groups in total. The third kappa shape index (κ3) is 5.61. The predicted octanol–water partition coefficient (Wildman–Crippen LogP) is 3.13. The standard InChI is InChI=1S/C19H26N4O3/c1-4-12-23(13-5-2)18-11-10-17(21-22-18)20-19(24)14-26-16-9-7-6-8-15(16)25-3/h6-11H,4-5,12-14H2,1-3H3,(H,20,21,24). The highest BCUT2D eigenvalue weighted by molar-refractivity contribution is 5.90. The van der Waals surface area contributed by atoms with Crippen molar-refractivity contribution in [2.45, 2.75) is 26.7 Å². The van der Waals surface area contributed by atoms with Crippen LogP contribution in [0.3, 0.4) is 0 Å². The van der Waals surface area contributed by atoms with Crippen molar-refractivity contribution in [1.29, 1.82) is 0 Å². The maximum absolute atomic E-state index is 12.1. The highest BCUT2D eigenvalue weighted by Gasteiger charge is 2.10. The molecule has 26 heavy (non-hydrogen) atoms. The summed E-state index contributed by atoms with van der Waals surface area (Å²) in [5.41, 5.74) is 0. The molecule has 0 bridgehead atoms. The molecule has 0 aliphatic rings. The minimum atomic E-state index is -0.308. The molecule has 0 aliphatic heterocycles. The molecule has 1 amide bonds. The first-order chi connectivity index (χ1) is 12.7. The number of nitrogens with one attached hydrogen (secondary N) is 1. The van der Waals surface area contributed by atoms with Gasteiger partial charge in [0.05, 0.1) is 7.11 Å². The first-order valence-electron chi connectivity index (χ1n) is 8.82. The smallest absolute Gasteiger partial charge is 0.263 e. The van der Waals surface area contributed by atoms with Gasteiger partial charge in [-0.2, -0.15) is 0 Å². The van der Waals surface area contributed by atoms with Crippen molar-refractivity contribution < 1.29 is 14.3 Å². The molecule has 7 nitrogen and oxygen atoms in total. The molecule has 0 saturated carbocycles. The number of anilines is 2. The Morgan fingerprint density at radius 1 is 1.04 bits per heavy atom. The van der Waals surface area contributed by atoms with Crippen LogP contribution < -0.4 is 19.7 Å². The normalized spacial score (nSPS) is 10.3. The molecule has 0 atom stereocenters. The van der Waals surface area contributed by atoms with Gasteiger partial charge in [0.2, 0.25) is 0 Å². The van der Waals surface area contributed by atoms with E-state index >= 15 is 0 Å². The van der Waals surface area contributed by atoms with Crippen molar-refractivity contribution in [1.82, 2.24) is 10.2 Å². The van der Waals surface area contributed by atoms with Crippen LogP contribution in [0.5, 0.6) is 11.5 Å². The van der Waals surface area contributed by atoms with Gasteiger partial charge in [0.15, 0.2) is 29.7 Å². The summed E-state index contributed by atoms with van der Waals surface area (Å²) in [6.45, 7) is 5.99. The van der Waals surface area contributed by atoms with Gasteiger partial charge in [-0.05, 0) is 37.1 Å². The summed E-state index contributed by atoms with van der Waals surface area (Å²) in [5, 5.41) is 11.0. The minimum absolute atomic E-state index is 0.137. The number of carbonyl (C=O) groups excluding carboxylic acids is 1. The molecule has 1 heterocycles. The quantitative estimate of drug-likeness (QED) is 0.703. The first-order valence-corrected chi connectivity index (χ1v) is 8.82. The largest absolute Gasteiger partial charge is 0.493 e. The Morgan fingerprint density at radius 2 is 1.73 bits per heavy atom. The molecule has 0 radical (unpaired) electrons. The molecule has 0 aliphatic carbocycles. The molecule has 0 saturated heterocycles. The zero-order valence-corrected chi connectivity index (χ0v) is 15.6. The van der Waals surface area contributed by atoms with Gasteiger partial charge in [-0.3, -0.25) is 4.79 Å². The number of rotatable bonds is 10. The van der Waals surface area contributed by atoms with Crippen molar-refractivity contribution in [2.75, 3.05) is 37.0 Å². The average molecular weight is 358 g/mol. The van der Waals surface area contributed by atoms with Crippen molar-refractivity contribution in [3.8, 4) is 11.5 Å². The molecule has 2 rings (SSSR count). The highest BCUT2D eigenvalue weighted by Crippen LogP contribution is 2.25. The zero-order valence-electron chi connectivity index (χ0n) is 15.6. The summed E-state index contributed by atoms with van der Waals surface area (Å²) < 4.78 is 10.7. The van der Waals surface area contributed by atoms with Gasteiger partial charge in [-0.15, -0.1) is 10.2 Å². The number of benzene rings is 1. The Kier molecular flexibility index (Phi) is 7.67. The van der Waals surface area contributed by atoms with E-state index in [0.717, 1.165) is 31.7 Å². The second-order valence-electron chi connectivity index (χ2n) is 5.75. The van der Waals surface area contributed by atoms with Crippen LogP contribution in [0.4, 0.5) is 11.6 Å². The second-order valence-corrected chi connectivity index (χ2v) is 5.75. The number of para-hydroxylation sites is 2. The van der Waals surface area contributed by atoms with Crippen LogP contribution in [0.25, 0.3) is 0 Å². The number of carbonyl (C=O) groups is 1. The third-order valence-electron chi connectivity index (χ3n) is 3.66. The van der Waals surface area contributed by atoms with Gasteiger partial charge in [-0.25, -0.2) is 0 Å². The summed E-state index contributed by atoms with van der Waals surface area (Å²) in [7, 11) is 1.56. The van der Waals surface area contributed by atoms with E-state index in [4.69, 9.17) is 9.47 Å². The fourth-order valence-corrected chi connectivity index (χ4v) is 2.50. The lowest BCUT2D eigenvalue weighted by atomic mass is 10.3.